The van der Waals surface area contributed by atoms with Crippen molar-refractivity contribution >= 4 is 26.7 Å². The molecule has 2 bridgehead atoms. The number of halogens is 1. The summed E-state index contributed by atoms with van der Waals surface area (Å²) in [5, 5.41) is 4.03. The Labute approximate surface area is 211 Å². The zero-order chi connectivity index (χ0) is 25.7. The first kappa shape index (κ1) is 23.7. The predicted molar refractivity (Wildman–Crippen MR) is 133 cm³/mol. The molecule has 0 radical (unpaired) electrons. The van der Waals surface area contributed by atoms with Crippen molar-refractivity contribution in [1.29, 1.82) is 0 Å². The second-order valence-corrected chi connectivity index (χ2v) is 11.1. The van der Waals surface area contributed by atoms with Crippen molar-refractivity contribution < 1.29 is 26.8 Å². The number of anilines is 1. The Morgan fingerprint density at radius 1 is 1.16 bits per heavy atom. The van der Waals surface area contributed by atoms with E-state index < -0.39 is 21.4 Å². The normalized spacial score (nSPS) is 21.0. The molecule has 4 aromatic rings. The third-order valence-electron chi connectivity index (χ3n) is 7.16. The van der Waals surface area contributed by atoms with Gasteiger partial charge in [0.2, 0.25) is 0 Å². The van der Waals surface area contributed by atoms with Gasteiger partial charge < -0.3 is 14.0 Å². The summed E-state index contributed by atoms with van der Waals surface area (Å²) in [5.74, 6) is 0.218. The van der Waals surface area contributed by atoms with Crippen LogP contribution in [0.2, 0.25) is 0 Å². The third-order valence-corrected chi connectivity index (χ3v) is 8.51. The summed E-state index contributed by atoms with van der Waals surface area (Å²) < 4.78 is 60.8. The Morgan fingerprint density at radius 3 is 2.73 bits per heavy atom. The highest BCUT2D eigenvalue weighted by Crippen LogP contribution is 2.41. The standard InChI is InChI=1S/C26H24FN3O6S/c1-34-24-13-16(10-17-11-18-3-6-23(17)36-18)20(27)14-22(24)30-21-5-4-19(12-15(21)2-7-26(30)31)37(32,33)29-25-8-9-35-28-25/h2,4-5,7-9,12-14,17-18,23H,3,6,10-11H2,1H3,(H,28,29)/t17-,18+,23-/m1/s1. The van der Waals surface area contributed by atoms with E-state index in [0.29, 0.717) is 28.6 Å². The van der Waals surface area contributed by atoms with Gasteiger partial charge in [0, 0.05) is 23.6 Å². The molecule has 0 amide bonds. The van der Waals surface area contributed by atoms with Crippen LogP contribution in [0.5, 0.6) is 5.75 Å². The molecule has 3 atom stereocenters. The van der Waals surface area contributed by atoms with E-state index in [1.165, 1.54) is 60.4 Å². The number of sulfonamides is 1. The molecule has 2 aliphatic rings. The van der Waals surface area contributed by atoms with Crippen LogP contribution in [0.1, 0.15) is 24.8 Å². The molecule has 192 valence electrons. The lowest BCUT2D eigenvalue weighted by molar-refractivity contribution is 0.0924. The van der Waals surface area contributed by atoms with Crippen LogP contribution in [0, 0.1) is 11.7 Å². The lowest BCUT2D eigenvalue weighted by Crippen LogP contribution is -2.21. The molecule has 11 heteroatoms. The van der Waals surface area contributed by atoms with Crippen LogP contribution in [-0.2, 0) is 21.2 Å². The molecule has 2 aliphatic heterocycles. The van der Waals surface area contributed by atoms with E-state index in [4.69, 9.17) is 9.47 Å². The molecule has 2 fully saturated rings. The van der Waals surface area contributed by atoms with Crippen LogP contribution in [0.25, 0.3) is 16.6 Å². The highest BCUT2D eigenvalue weighted by Gasteiger charge is 2.40. The molecule has 2 aromatic heterocycles. The molecule has 6 rings (SSSR count). The third kappa shape index (κ3) is 4.27. The summed E-state index contributed by atoms with van der Waals surface area (Å²) in [6.45, 7) is 0. The van der Waals surface area contributed by atoms with E-state index in [-0.39, 0.29) is 34.5 Å². The monoisotopic (exact) mass is 525 g/mol. The molecule has 0 saturated carbocycles. The van der Waals surface area contributed by atoms with E-state index in [9.17, 15) is 13.2 Å². The number of rotatable bonds is 7. The van der Waals surface area contributed by atoms with Crippen molar-refractivity contribution in [3.8, 4) is 11.4 Å². The zero-order valence-electron chi connectivity index (χ0n) is 19.9. The molecule has 4 heterocycles. The van der Waals surface area contributed by atoms with E-state index in [0.717, 1.165) is 19.3 Å². The average molecular weight is 526 g/mol. The van der Waals surface area contributed by atoms with Gasteiger partial charge >= 0.3 is 0 Å². The van der Waals surface area contributed by atoms with Crippen molar-refractivity contribution in [1.82, 2.24) is 9.72 Å². The van der Waals surface area contributed by atoms with Crippen LogP contribution in [-0.4, -0.2) is 37.5 Å². The van der Waals surface area contributed by atoms with Crippen LogP contribution in [0.3, 0.4) is 0 Å². The number of hydrogen-bond donors (Lipinski definition) is 1. The second-order valence-electron chi connectivity index (χ2n) is 9.41. The van der Waals surface area contributed by atoms with Crippen LogP contribution < -0.4 is 15.0 Å². The zero-order valence-corrected chi connectivity index (χ0v) is 20.7. The molecule has 0 unspecified atom stereocenters. The highest BCUT2D eigenvalue weighted by molar-refractivity contribution is 7.92. The van der Waals surface area contributed by atoms with Crippen molar-refractivity contribution in [3.05, 3.63) is 76.5 Å². The van der Waals surface area contributed by atoms with Crippen LogP contribution in [0.4, 0.5) is 10.2 Å². The summed E-state index contributed by atoms with van der Waals surface area (Å²) in [6, 6.07) is 11.5. The van der Waals surface area contributed by atoms with Crippen molar-refractivity contribution in [2.24, 2.45) is 5.92 Å². The van der Waals surface area contributed by atoms with Gasteiger partial charge in [-0.05, 0) is 67.5 Å². The van der Waals surface area contributed by atoms with Crippen molar-refractivity contribution in [2.45, 2.75) is 42.8 Å². The Bertz CT molecular complexity index is 1650. The minimum atomic E-state index is -3.96. The summed E-state index contributed by atoms with van der Waals surface area (Å²) >= 11 is 0. The smallest absolute Gasteiger partial charge is 0.263 e. The summed E-state index contributed by atoms with van der Waals surface area (Å²) in [6.07, 6.45) is 5.22. The van der Waals surface area contributed by atoms with Crippen LogP contribution >= 0.6 is 0 Å². The number of fused-ring (bicyclic) bond motifs is 3. The Hall–Kier alpha value is -3.70. The van der Waals surface area contributed by atoms with Gasteiger partial charge in [-0.3, -0.25) is 14.1 Å². The van der Waals surface area contributed by atoms with E-state index in [1.54, 1.807) is 6.07 Å². The highest BCUT2D eigenvalue weighted by atomic mass is 32.2. The van der Waals surface area contributed by atoms with Gasteiger partial charge in [-0.1, -0.05) is 5.16 Å². The fraction of sp³-hybridized carbons (Fsp3) is 0.308. The van der Waals surface area contributed by atoms with Gasteiger partial charge in [-0.15, -0.1) is 0 Å². The SMILES string of the molecule is COc1cc(C[C@@H]2C[C@@H]3CC[C@H]2O3)c(F)cc1-n1c(=O)ccc2cc(S(=O)(=O)Nc3ccon3)ccc21. The first-order valence-electron chi connectivity index (χ1n) is 11.9. The Balaban J connectivity index is 1.39. The first-order valence-corrected chi connectivity index (χ1v) is 13.4. The minimum Gasteiger partial charge on any atom is -0.495 e. The number of nitrogens with zero attached hydrogens (tertiary/aromatic N) is 2. The van der Waals surface area contributed by atoms with E-state index >= 15 is 4.39 Å². The molecule has 2 saturated heterocycles. The van der Waals surface area contributed by atoms with Crippen molar-refractivity contribution in [3.63, 3.8) is 0 Å². The number of benzene rings is 2. The largest absolute Gasteiger partial charge is 0.495 e. The second kappa shape index (κ2) is 9.00. The summed E-state index contributed by atoms with van der Waals surface area (Å²) in [7, 11) is -2.49. The summed E-state index contributed by atoms with van der Waals surface area (Å²) in [4.78, 5) is 12.9. The van der Waals surface area contributed by atoms with Gasteiger partial charge in [0.25, 0.3) is 15.6 Å². The molecule has 1 N–H and O–H groups in total. The number of nitrogens with one attached hydrogen (secondary N) is 1. The Morgan fingerprint density at radius 2 is 2.03 bits per heavy atom. The fourth-order valence-corrected chi connectivity index (χ4v) is 6.45. The predicted octanol–water partition coefficient (Wildman–Crippen LogP) is 4.04. The molecular formula is C26H24FN3O6S. The molecule has 9 nitrogen and oxygen atoms in total. The molecular weight excluding hydrogens is 501 g/mol. The van der Waals surface area contributed by atoms with E-state index in [1.807, 2.05) is 0 Å². The van der Waals surface area contributed by atoms with Crippen LogP contribution in [0.15, 0.2) is 69.0 Å². The van der Waals surface area contributed by atoms with Gasteiger partial charge in [0.1, 0.15) is 17.8 Å². The lowest BCUT2D eigenvalue weighted by atomic mass is 9.84. The molecule has 2 aromatic carbocycles. The first-order chi connectivity index (χ1) is 17.8. The van der Waals surface area contributed by atoms with E-state index in [2.05, 4.69) is 14.4 Å². The lowest BCUT2D eigenvalue weighted by Gasteiger charge is -2.20. The quantitative estimate of drug-likeness (QED) is 0.388. The number of pyridine rings is 1. The van der Waals surface area contributed by atoms with Gasteiger partial charge in [-0.2, -0.15) is 0 Å². The number of methoxy groups -OCH3 is 1. The minimum absolute atomic E-state index is 0.0326. The maximum absolute atomic E-state index is 15.4. The number of ether oxygens (including phenoxy) is 2. The van der Waals surface area contributed by atoms with Gasteiger partial charge in [0.05, 0.1) is 35.4 Å². The fourth-order valence-electron chi connectivity index (χ4n) is 5.42. The molecule has 0 aliphatic carbocycles. The molecule has 37 heavy (non-hydrogen) atoms. The summed E-state index contributed by atoms with van der Waals surface area (Å²) in [5.41, 5.74) is 0.748. The maximum Gasteiger partial charge on any atom is 0.263 e. The van der Waals surface area contributed by atoms with Gasteiger partial charge in [0.15, 0.2) is 5.82 Å². The van der Waals surface area contributed by atoms with Crippen molar-refractivity contribution in [2.75, 3.05) is 11.8 Å². The Kier molecular flexibility index (Phi) is 5.76. The van der Waals surface area contributed by atoms with Gasteiger partial charge in [-0.25, -0.2) is 12.8 Å². The molecule has 0 spiro atoms. The average Bonchev–Trinajstić information content (AvgIpc) is 3.64. The topological polar surface area (TPSA) is 113 Å². The number of aromatic nitrogens is 2. The number of hydrogen-bond acceptors (Lipinski definition) is 7. The maximum atomic E-state index is 15.4.